The van der Waals surface area contributed by atoms with Gasteiger partial charge in [-0.1, -0.05) is 13.8 Å². The molecule has 2 heterocycles. The van der Waals surface area contributed by atoms with Crippen LogP contribution < -0.4 is 0 Å². The Morgan fingerprint density at radius 3 is 2.61 bits per heavy atom. The number of hydroxylamine groups is 2. The Morgan fingerprint density at radius 1 is 1.33 bits per heavy atom. The van der Waals surface area contributed by atoms with E-state index in [2.05, 4.69) is 0 Å². The van der Waals surface area contributed by atoms with E-state index in [0.717, 1.165) is 5.06 Å². The van der Waals surface area contributed by atoms with Crippen LogP contribution >= 0.6 is 0 Å². The highest BCUT2D eigenvalue weighted by atomic mass is 19.1. The van der Waals surface area contributed by atoms with E-state index >= 15 is 0 Å². The van der Waals surface area contributed by atoms with Gasteiger partial charge in [-0.2, -0.15) is 0 Å². The summed E-state index contributed by atoms with van der Waals surface area (Å²) in [6.45, 7) is 4.00. The number of nitrogens with zero attached hydrogens (tertiary/aromatic N) is 2. The third-order valence-corrected chi connectivity index (χ3v) is 2.42. The molecule has 5 heteroatoms. The van der Waals surface area contributed by atoms with Gasteiger partial charge >= 0.3 is 0 Å². The van der Waals surface area contributed by atoms with Crippen molar-refractivity contribution in [3.8, 4) is 0 Å². The fourth-order valence-electron chi connectivity index (χ4n) is 1.55. The lowest BCUT2D eigenvalue weighted by Gasteiger charge is -2.12. The molecular weight excluding hydrogens is 235 g/mol. The summed E-state index contributed by atoms with van der Waals surface area (Å²) in [6, 6.07) is 4.46. The van der Waals surface area contributed by atoms with Gasteiger partial charge in [-0.25, -0.2) is 9.45 Å². The summed E-state index contributed by atoms with van der Waals surface area (Å²) in [4.78, 5) is 16.6. The van der Waals surface area contributed by atoms with E-state index in [4.69, 9.17) is 4.84 Å². The molecule has 98 valence electrons. The summed E-state index contributed by atoms with van der Waals surface area (Å²) < 4.78 is 15.1. The number of halogens is 1. The van der Waals surface area contributed by atoms with E-state index in [1.807, 2.05) is 13.8 Å². The molecule has 0 N–H and O–H groups in total. The minimum Gasteiger partial charge on any atom is -0.321 e. The van der Waals surface area contributed by atoms with Gasteiger partial charge in [0.2, 0.25) is 0 Å². The van der Waals surface area contributed by atoms with Crippen LogP contribution in [0.2, 0.25) is 0 Å². The van der Waals surface area contributed by atoms with Gasteiger partial charge in [-0.05, 0) is 18.2 Å². The molecule has 0 spiro atoms. The van der Waals surface area contributed by atoms with Crippen LogP contribution in [0.3, 0.4) is 0 Å². The van der Waals surface area contributed by atoms with E-state index in [0.29, 0.717) is 0 Å². The lowest BCUT2D eigenvalue weighted by molar-refractivity contribution is -0.0755. The average Bonchev–Trinajstić information content (AvgIpc) is 2.84. The van der Waals surface area contributed by atoms with Crippen molar-refractivity contribution < 1.29 is 14.0 Å². The predicted octanol–water partition coefficient (Wildman–Crippen LogP) is 2.74. The van der Waals surface area contributed by atoms with Crippen LogP contribution in [-0.4, -0.2) is 29.5 Å². The van der Waals surface area contributed by atoms with E-state index < -0.39 is 5.82 Å². The Labute approximate surface area is 106 Å². The highest BCUT2D eigenvalue weighted by Crippen LogP contribution is 2.17. The second-order valence-electron chi connectivity index (χ2n) is 3.33. The highest BCUT2D eigenvalue weighted by Gasteiger charge is 2.17. The summed E-state index contributed by atoms with van der Waals surface area (Å²) in [5.74, 6) is -0.810. The zero-order chi connectivity index (χ0) is 13.7. The van der Waals surface area contributed by atoms with Crippen LogP contribution in [0.5, 0.6) is 0 Å². The molecule has 0 aliphatic rings. The van der Waals surface area contributed by atoms with Crippen molar-refractivity contribution >= 4 is 11.4 Å². The minimum absolute atomic E-state index is 0.261. The van der Waals surface area contributed by atoms with Crippen molar-refractivity contribution in [2.45, 2.75) is 13.8 Å². The van der Waals surface area contributed by atoms with Crippen LogP contribution in [-0.2, 0) is 4.84 Å². The molecule has 0 fully saturated rings. The van der Waals surface area contributed by atoms with Gasteiger partial charge in [0, 0.05) is 19.4 Å². The first-order valence-electron chi connectivity index (χ1n) is 5.72. The molecule has 0 aromatic carbocycles. The van der Waals surface area contributed by atoms with Crippen LogP contribution in [0.15, 0.2) is 30.6 Å². The van der Waals surface area contributed by atoms with Gasteiger partial charge in [0.1, 0.15) is 5.82 Å². The SMILES string of the molecule is CC.CON(C)C(=O)c1ccn2cccc(F)c12. The molecule has 2 aromatic heterocycles. The van der Waals surface area contributed by atoms with E-state index in [1.54, 1.807) is 28.9 Å². The van der Waals surface area contributed by atoms with Crippen LogP contribution in [0.25, 0.3) is 5.52 Å². The number of hydrogen-bond donors (Lipinski definition) is 0. The average molecular weight is 252 g/mol. The highest BCUT2D eigenvalue weighted by molar-refractivity contribution is 6.00. The lowest BCUT2D eigenvalue weighted by Crippen LogP contribution is -2.25. The molecule has 2 rings (SSSR count). The van der Waals surface area contributed by atoms with Crippen LogP contribution in [0.1, 0.15) is 24.2 Å². The predicted molar refractivity (Wildman–Crippen MR) is 67.8 cm³/mol. The fraction of sp³-hybridized carbons (Fsp3) is 0.308. The minimum atomic E-state index is -0.430. The number of rotatable bonds is 2. The first kappa shape index (κ1) is 14.2. The molecular formula is C13H17FN2O2. The molecule has 2 aromatic rings. The Morgan fingerprint density at radius 2 is 2.00 bits per heavy atom. The van der Waals surface area contributed by atoms with Crippen molar-refractivity contribution in [1.29, 1.82) is 0 Å². The molecule has 0 aliphatic heterocycles. The molecule has 0 saturated heterocycles. The summed E-state index contributed by atoms with van der Waals surface area (Å²) >= 11 is 0. The van der Waals surface area contributed by atoms with E-state index in [9.17, 15) is 9.18 Å². The number of fused-ring (bicyclic) bond motifs is 1. The molecule has 0 saturated carbocycles. The first-order valence-corrected chi connectivity index (χ1v) is 5.72. The van der Waals surface area contributed by atoms with Crippen molar-refractivity contribution in [3.63, 3.8) is 0 Å². The smallest absolute Gasteiger partial charge is 0.279 e. The van der Waals surface area contributed by atoms with Gasteiger partial charge in [-0.15, -0.1) is 0 Å². The normalized spacial score (nSPS) is 9.83. The number of hydrogen-bond acceptors (Lipinski definition) is 2. The van der Waals surface area contributed by atoms with Crippen molar-refractivity contribution in [2.75, 3.05) is 14.2 Å². The molecule has 0 unspecified atom stereocenters. The monoisotopic (exact) mass is 252 g/mol. The number of pyridine rings is 1. The summed E-state index contributed by atoms with van der Waals surface area (Å²) in [5.41, 5.74) is 0.541. The molecule has 0 atom stereocenters. The zero-order valence-electron chi connectivity index (χ0n) is 11.0. The standard InChI is InChI=1S/C11H11FN2O2.C2H6/c1-13(16-2)11(15)8-5-7-14-6-3-4-9(12)10(8)14;1-2/h3-7H,1-2H3;1-2H3. The number of amides is 1. The second-order valence-corrected chi connectivity index (χ2v) is 3.33. The van der Waals surface area contributed by atoms with Gasteiger partial charge < -0.3 is 4.40 Å². The van der Waals surface area contributed by atoms with Crippen LogP contribution in [0.4, 0.5) is 4.39 Å². The number of carbonyl (C=O) groups is 1. The van der Waals surface area contributed by atoms with Gasteiger partial charge in [0.05, 0.1) is 18.2 Å². The molecule has 0 aliphatic carbocycles. The van der Waals surface area contributed by atoms with Crippen molar-refractivity contribution in [3.05, 3.63) is 42.0 Å². The van der Waals surface area contributed by atoms with E-state index in [1.165, 1.54) is 20.2 Å². The molecule has 4 nitrogen and oxygen atoms in total. The lowest BCUT2D eigenvalue weighted by atomic mass is 10.2. The Bertz CT molecular complexity index is 537. The second kappa shape index (κ2) is 6.16. The summed E-state index contributed by atoms with van der Waals surface area (Å²) in [6.07, 6.45) is 3.32. The Kier molecular flexibility index (Phi) is 4.85. The van der Waals surface area contributed by atoms with Crippen molar-refractivity contribution in [2.24, 2.45) is 0 Å². The molecule has 0 radical (unpaired) electrons. The first-order chi connectivity index (χ1) is 8.65. The van der Waals surface area contributed by atoms with Gasteiger partial charge in [0.25, 0.3) is 5.91 Å². The third kappa shape index (κ3) is 2.51. The molecule has 0 bridgehead atoms. The van der Waals surface area contributed by atoms with Gasteiger partial charge in [0.15, 0.2) is 0 Å². The Balaban J connectivity index is 0.000000771. The summed E-state index contributed by atoms with van der Waals surface area (Å²) in [5, 5.41) is 1.06. The summed E-state index contributed by atoms with van der Waals surface area (Å²) in [7, 11) is 2.86. The van der Waals surface area contributed by atoms with Crippen molar-refractivity contribution in [1.82, 2.24) is 9.46 Å². The Hall–Kier alpha value is -1.88. The van der Waals surface area contributed by atoms with E-state index in [-0.39, 0.29) is 17.0 Å². The third-order valence-electron chi connectivity index (χ3n) is 2.42. The number of aromatic nitrogens is 1. The number of carbonyl (C=O) groups excluding carboxylic acids is 1. The largest absolute Gasteiger partial charge is 0.321 e. The topological polar surface area (TPSA) is 34.0 Å². The van der Waals surface area contributed by atoms with Crippen LogP contribution in [0, 0.1) is 5.82 Å². The maximum atomic E-state index is 13.6. The zero-order valence-corrected chi connectivity index (χ0v) is 11.0. The maximum Gasteiger partial charge on any atom is 0.279 e. The fourth-order valence-corrected chi connectivity index (χ4v) is 1.55. The quantitative estimate of drug-likeness (QED) is 0.770. The van der Waals surface area contributed by atoms with Gasteiger partial charge in [-0.3, -0.25) is 9.63 Å². The molecule has 1 amide bonds. The maximum absolute atomic E-state index is 13.6. The molecule has 18 heavy (non-hydrogen) atoms.